The van der Waals surface area contributed by atoms with Gasteiger partial charge in [0, 0.05) is 11.4 Å². The molecule has 31 heavy (non-hydrogen) atoms. The molecule has 0 aliphatic rings. The van der Waals surface area contributed by atoms with E-state index in [1.54, 1.807) is 0 Å². The van der Waals surface area contributed by atoms with Crippen LogP contribution in [0, 0.1) is 23.7 Å². The van der Waals surface area contributed by atoms with Crippen LogP contribution in [0.1, 0.15) is 55.4 Å². The second-order valence-electron chi connectivity index (χ2n) is 10.7. The van der Waals surface area contributed by atoms with Crippen molar-refractivity contribution >= 4 is 41.0 Å². The number of anilines is 2. The Morgan fingerprint density at radius 2 is 0.935 bits per heavy atom. The molecule has 0 radical (unpaired) electrons. The van der Waals surface area contributed by atoms with Gasteiger partial charge in [0.15, 0.2) is 0 Å². The molecule has 0 saturated heterocycles. The van der Waals surface area contributed by atoms with Crippen molar-refractivity contribution in [3.05, 3.63) is 60.7 Å². The van der Waals surface area contributed by atoms with E-state index >= 15 is 0 Å². The minimum Gasteiger partial charge on any atom is -0.434 e. The van der Waals surface area contributed by atoms with Crippen molar-refractivity contribution in [2.45, 2.75) is 76.5 Å². The number of hydrogen-bond donors (Lipinski definition) is 0. The fourth-order valence-corrected chi connectivity index (χ4v) is 9.92. The van der Waals surface area contributed by atoms with E-state index in [9.17, 15) is 0 Å². The molecule has 2 aromatic carbocycles. The lowest BCUT2D eigenvalue weighted by Gasteiger charge is -2.33. The largest absolute Gasteiger partial charge is 0.434 e. The van der Waals surface area contributed by atoms with Gasteiger partial charge in [-0.25, -0.2) is 0 Å². The van der Waals surface area contributed by atoms with Crippen LogP contribution >= 0.6 is 0 Å². The second kappa shape index (κ2) is 16.0. The molecular weight excluding hydrogens is 404 g/mol. The molecule has 0 N–H and O–H groups in total. The highest BCUT2D eigenvalue weighted by Gasteiger charge is 2.30. The molecule has 0 heterocycles. The first-order valence-corrected chi connectivity index (χ1v) is 16.7. The molecule has 0 aromatic heterocycles. The summed E-state index contributed by atoms with van der Waals surface area (Å²) < 4.78 is 2.67. The van der Waals surface area contributed by atoms with Gasteiger partial charge in [0.2, 0.25) is 15.2 Å². The predicted octanol–water partition coefficient (Wildman–Crippen LogP) is 8.70. The fourth-order valence-electron chi connectivity index (χ4n) is 4.08. The Hall–Kier alpha value is -0.695. The molecule has 0 saturated carbocycles. The molecule has 170 valence electrons. The molecule has 0 aliphatic heterocycles. The van der Waals surface area contributed by atoms with Crippen LogP contribution in [0.25, 0.3) is 0 Å². The lowest BCUT2D eigenvalue weighted by atomic mass is 10.2. The number of benzene rings is 2. The summed E-state index contributed by atoms with van der Waals surface area (Å²) in [5.74, 6) is 3.42. The molecule has 0 amide bonds. The molecule has 0 atom stereocenters. The highest BCUT2D eigenvalue weighted by Crippen LogP contribution is 2.31. The van der Waals surface area contributed by atoms with Crippen molar-refractivity contribution in [3.8, 4) is 0 Å². The van der Waals surface area contributed by atoms with Crippen LogP contribution in [-0.4, -0.2) is 29.6 Å². The molecule has 0 aliphatic carbocycles. The maximum atomic E-state index is 2.67. The topological polar surface area (TPSA) is 3.24 Å². The first-order valence-electron chi connectivity index (χ1n) is 12.6. The summed E-state index contributed by atoms with van der Waals surface area (Å²) in [5, 5.41) is 5.78. The lowest BCUT2D eigenvalue weighted by Crippen LogP contribution is -2.37. The van der Waals surface area contributed by atoms with E-state index in [0.29, 0.717) is 15.2 Å². The van der Waals surface area contributed by atoms with E-state index in [2.05, 4.69) is 120 Å². The lowest BCUT2D eigenvalue weighted by molar-refractivity contribution is 0.688. The third-order valence-corrected chi connectivity index (χ3v) is 12.9. The normalized spacial score (nSPS) is 11.0. The summed E-state index contributed by atoms with van der Waals surface area (Å²) in [4.78, 5) is 0. The van der Waals surface area contributed by atoms with Crippen LogP contribution in [0.3, 0.4) is 0 Å². The Morgan fingerprint density at radius 1 is 0.581 bits per heavy atom. The van der Waals surface area contributed by atoms with Gasteiger partial charge < -0.3 is 3.88 Å². The third-order valence-electron chi connectivity index (χ3n) is 5.48. The van der Waals surface area contributed by atoms with Gasteiger partial charge in [-0.05, 0) is 24.3 Å². The van der Waals surface area contributed by atoms with Crippen LogP contribution in [0.5, 0.6) is 0 Å². The maximum absolute atomic E-state index is 2.67. The fraction of sp³-hybridized carbons (Fsp3) is 0.571. The van der Waals surface area contributed by atoms with Gasteiger partial charge in [-0.2, -0.15) is 0 Å². The molecule has 2 rings (SSSR count). The highest BCUT2D eigenvalue weighted by atomic mass is 27.2. The summed E-state index contributed by atoms with van der Waals surface area (Å²) in [7, 11) is 0. The van der Waals surface area contributed by atoms with E-state index in [0.717, 1.165) is 23.7 Å². The van der Waals surface area contributed by atoms with Crippen LogP contribution in [-0.2, 0) is 0 Å². The van der Waals surface area contributed by atoms with E-state index in [-0.39, 0.29) is 0 Å². The van der Waals surface area contributed by atoms with Crippen molar-refractivity contribution in [3.63, 3.8) is 0 Å². The summed E-state index contributed by atoms with van der Waals surface area (Å²) in [6, 6.07) is 21.9. The summed E-state index contributed by atoms with van der Waals surface area (Å²) in [5.41, 5.74) is 2.71. The van der Waals surface area contributed by atoms with Crippen LogP contribution in [0.15, 0.2) is 60.7 Å². The van der Waals surface area contributed by atoms with Crippen LogP contribution in [0.2, 0.25) is 21.1 Å². The zero-order valence-corrected chi connectivity index (χ0v) is 24.2. The Labute approximate surface area is 205 Å². The van der Waals surface area contributed by atoms with Crippen LogP contribution in [0.4, 0.5) is 11.4 Å². The standard InChI is InChI=1S/C12H10N.4C4H9.2Al.H/c1-3-7-11(8-4-1)13-12-9-5-2-6-10-12;4*1-4(2)3;;;/h1-10H;4*4H,1H2,2-3H3;;;/q-1;;;;;;+1;. The number of hydrogen-bond acceptors (Lipinski definition) is 1. The minimum atomic E-state index is -1.08. The quantitative estimate of drug-likeness (QED) is 0.309. The SMILES string of the molecule is CC(C)[CH2][AlH][CH2]C(C)C.CC(C)[CH2][Al]([CH2]C(C)C)[N](c1ccccc1)c1ccccc1. The summed E-state index contributed by atoms with van der Waals surface area (Å²) in [6.45, 7) is 18.7. The highest BCUT2D eigenvalue weighted by molar-refractivity contribution is 6.65. The molecule has 0 unspecified atom stereocenters. The predicted molar refractivity (Wildman–Crippen MR) is 147 cm³/mol. The first-order chi connectivity index (χ1) is 14.7. The van der Waals surface area contributed by atoms with E-state index < -0.39 is 14.4 Å². The van der Waals surface area contributed by atoms with Gasteiger partial charge in [-0.1, -0.05) is 137 Å². The smallest absolute Gasteiger partial charge is 0.419 e. The van der Waals surface area contributed by atoms with Crippen molar-refractivity contribution in [1.82, 2.24) is 0 Å². The van der Waals surface area contributed by atoms with Crippen molar-refractivity contribution in [2.75, 3.05) is 3.88 Å². The second-order valence-corrected chi connectivity index (χ2v) is 15.3. The van der Waals surface area contributed by atoms with Gasteiger partial charge >= 0.3 is 14.4 Å². The average molecular weight is 452 g/mol. The Bertz CT molecular complexity index is 610. The molecule has 0 bridgehead atoms. The average Bonchev–Trinajstić information content (AvgIpc) is 2.69. The summed E-state index contributed by atoms with van der Waals surface area (Å²) >= 11 is -0.768. The minimum absolute atomic E-state index is 0.316. The van der Waals surface area contributed by atoms with Crippen molar-refractivity contribution < 1.29 is 0 Å². The number of rotatable bonds is 11. The van der Waals surface area contributed by atoms with Gasteiger partial charge in [-0.3, -0.25) is 0 Å². The van der Waals surface area contributed by atoms with Crippen molar-refractivity contribution in [2.24, 2.45) is 23.7 Å². The Kier molecular flexibility index (Phi) is 14.6. The Balaban J connectivity index is 0.000000452. The monoisotopic (exact) mass is 451 g/mol. The summed E-state index contributed by atoms with van der Waals surface area (Å²) in [6.07, 6.45) is 0. The van der Waals surface area contributed by atoms with Gasteiger partial charge in [-0.15, -0.1) is 0 Å². The number of nitrogens with zero attached hydrogens (tertiary/aromatic N) is 1. The third kappa shape index (κ3) is 12.8. The van der Waals surface area contributed by atoms with E-state index in [4.69, 9.17) is 0 Å². The first kappa shape index (κ1) is 28.3. The van der Waals surface area contributed by atoms with E-state index in [1.165, 1.54) is 32.5 Å². The van der Waals surface area contributed by atoms with Gasteiger partial charge in [0.1, 0.15) is 0 Å². The zero-order valence-electron chi connectivity index (χ0n) is 21.6. The molecule has 1 nitrogen and oxygen atoms in total. The van der Waals surface area contributed by atoms with Gasteiger partial charge in [0.05, 0.1) is 0 Å². The molecule has 3 heteroatoms. The zero-order chi connectivity index (χ0) is 23.2. The van der Waals surface area contributed by atoms with E-state index in [1.807, 2.05) is 0 Å². The van der Waals surface area contributed by atoms with Crippen LogP contribution < -0.4 is 3.88 Å². The Morgan fingerprint density at radius 3 is 1.23 bits per heavy atom. The molecular formula is C28H47Al2N. The van der Waals surface area contributed by atoms with Gasteiger partial charge in [0.25, 0.3) is 0 Å². The maximum Gasteiger partial charge on any atom is 0.419 e. The number of para-hydroxylation sites is 2. The molecule has 0 spiro atoms. The molecule has 0 fully saturated rings. The molecule has 2 aromatic rings. The van der Waals surface area contributed by atoms with Crippen molar-refractivity contribution in [1.29, 1.82) is 0 Å².